The highest BCUT2D eigenvalue weighted by Crippen LogP contribution is 2.27. The van der Waals surface area contributed by atoms with Gasteiger partial charge >= 0.3 is 21.0 Å². The second kappa shape index (κ2) is 6.54. The zero-order valence-corrected chi connectivity index (χ0v) is 7.89. The van der Waals surface area contributed by atoms with E-state index in [2.05, 4.69) is 0 Å². The Balaban J connectivity index is 0.000000673. The summed E-state index contributed by atoms with van der Waals surface area (Å²) in [5.74, 6) is 0. The molecular formula is C7H8B2F3O4. The first-order chi connectivity index (χ1) is 7.34. The summed E-state index contributed by atoms with van der Waals surface area (Å²) in [4.78, 5) is 0. The standard InChI is InChI=1S/C7H6BF3O2.BH2O2/c9-7(10,11)5-3-1-2-4-6(5)8(12)13;2-1-3/h1-4,12-13H;2-3H. The van der Waals surface area contributed by atoms with Gasteiger partial charge in [-0.1, -0.05) is 24.3 Å². The van der Waals surface area contributed by atoms with Crippen LogP contribution in [0, 0.1) is 0 Å². The number of halogens is 3. The van der Waals surface area contributed by atoms with Gasteiger partial charge in [0.2, 0.25) is 0 Å². The molecule has 0 spiro atoms. The van der Waals surface area contributed by atoms with Crippen molar-refractivity contribution < 1.29 is 33.3 Å². The van der Waals surface area contributed by atoms with Gasteiger partial charge in [-0.3, -0.25) is 0 Å². The van der Waals surface area contributed by atoms with Crippen molar-refractivity contribution in [2.45, 2.75) is 6.18 Å². The third-order valence-electron chi connectivity index (χ3n) is 1.54. The Morgan fingerprint density at radius 1 is 1.06 bits per heavy atom. The van der Waals surface area contributed by atoms with Crippen LogP contribution in [0.5, 0.6) is 0 Å². The Morgan fingerprint density at radius 3 is 1.81 bits per heavy atom. The van der Waals surface area contributed by atoms with Crippen molar-refractivity contribution in [3.63, 3.8) is 0 Å². The molecule has 1 radical (unpaired) electrons. The molecule has 0 aliphatic rings. The molecule has 1 rings (SSSR count). The molecule has 0 atom stereocenters. The SMILES string of the molecule is OB(O)c1ccccc1C(F)(F)F.O[B]O. The first-order valence-electron chi connectivity index (χ1n) is 3.97. The molecule has 0 amide bonds. The second-order valence-corrected chi connectivity index (χ2v) is 2.57. The van der Waals surface area contributed by atoms with E-state index in [1.54, 1.807) is 0 Å². The molecule has 0 fully saturated rings. The number of alkyl halides is 3. The second-order valence-electron chi connectivity index (χ2n) is 2.57. The molecule has 0 saturated heterocycles. The van der Waals surface area contributed by atoms with Crippen LogP contribution in [0.2, 0.25) is 0 Å². The molecule has 4 nitrogen and oxygen atoms in total. The van der Waals surface area contributed by atoms with Crippen LogP contribution < -0.4 is 5.46 Å². The van der Waals surface area contributed by atoms with Crippen LogP contribution in [-0.2, 0) is 6.18 Å². The molecule has 9 heteroatoms. The lowest BCUT2D eigenvalue weighted by Crippen LogP contribution is -2.35. The van der Waals surface area contributed by atoms with Gasteiger partial charge in [0.1, 0.15) is 0 Å². The molecule has 0 aromatic heterocycles. The smallest absolute Gasteiger partial charge is 0.429 e. The highest BCUT2D eigenvalue weighted by atomic mass is 19.4. The summed E-state index contributed by atoms with van der Waals surface area (Å²) in [5.41, 5.74) is -1.56. The average Bonchev–Trinajstić information content (AvgIpc) is 2.17. The van der Waals surface area contributed by atoms with Gasteiger partial charge in [0.05, 0.1) is 5.56 Å². The van der Waals surface area contributed by atoms with E-state index in [1.165, 1.54) is 12.1 Å². The first-order valence-corrected chi connectivity index (χ1v) is 3.97. The summed E-state index contributed by atoms with van der Waals surface area (Å²) in [6.07, 6.45) is -4.56. The molecule has 0 aliphatic carbocycles. The predicted molar refractivity (Wildman–Crippen MR) is 51.5 cm³/mol. The Kier molecular flexibility index (Phi) is 6.12. The number of benzene rings is 1. The minimum absolute atomic E-state index is 0. The molecule has 0 heterocycles. The molecule has 0 bridgehead atoms. The van der Waals surface area contributed by atoms with Gasteiger partial charge in [0.15, 0.2) is 0 Å². The first kappa shape index (κ1) is 15.0. The fraction of sp³-hybridized carbons (Fsp3) is 0.143. The van der Waals surface area contributed by atoms with Crippen molar-refractivity contribution in [3.05, 3.63) is 29.8 Å². The maximum absolute atomic E-state index is 12.2. The van der Waals surface area contributed by atoms with E-state index < -0.39 is 24.3 Å². The van der Waals surface area contributed by atoms with Gasteiger partial charge < -0.3 is 20.1 Å². The third-order valence-corrected chi connectivity index (χ3v) is 1.54. The maximum atomic E-state index is 12.2. The minimum Gasteiger partial charge on any atom is -0.429 e. The molecule has 16 heavy (non-hydrogen) atoms. The lowest BCUT2D eigenvalue weighted by atomic mass is 9.77. The number of hydrogen-bond acceptors (Lipinski definition) is 4. The van der Waals surface area contributed by atoms with E-state index in [0.29, 0.717) is 0 Å². The van der Waals surface area contributed by atoms with E-state index in [0.717, 1.165) is 12.1 Å². The molecule has 0 unspecified atom stereocenters. The van der Waals surface area contributed by atoms with Crippen LogP contribution in [0.3, 0.4) is 0 Å². The van der Waals surface area contributed by atoms with Gasteiger partial charge in [-0.2, -0.15) is 13.2 Å². The van der Waals surface area contributed by atoms with E-state index >= 15 is 0 Å². The summed E-state index contributed by atoms with van der Waals surface area (Å²) in [6, 6.07) is 4.32. The largest absolute Gasteiger partial charge is 0.489 e. The Morgan fingerprint density at radius 2 is 1.50 bits per heavy atom. The lowest BCUT2D eigenvalue weighted by Gasteiger charge is -2.11. The molecular weight excluding hydrogens is 227 g/mol. The zero-order chi connectivity index (χ0) is 12.8. The van der Waals surface area contributed by atoms with Crippen molar-refractivity contribution in [1.29, 1.82) is 0 Å². The van der Waals surface area contributed by atoms with Gasteiger partial charge in [-0.25, -0.2) is 0 Å². The summed E-state index contributed by atoms with van der Waals surface area (Å²) in [5, 5.41) is 31.2. The van der Waals surface area contributed by atoms with Gasteiger partial charge in [-0.15, -0.1) is 0 Å². The van der Waals surface area contributed by atoms with Crippen LogP contribution in [0.1, 0.15) is 5.56 Å². The van der Waals surface area contributed by atoms with Gasteiger partial charge in [0.25, 0.3) is 0 Å². The normalized spacial score (nSPS) is 10.2. The van der Waals surface area contributed by atoms with E-state index in [-0.39, 0.29) is 7.69 Å². The molecule has 0 aliphatic heterocycles. The van der Waals surface area contributed by atoms with E-state index in [1.807, 2.05) is 0 Å². The van der Waals surface area contributed by atoms with E-state index in [4.69, 9.17) is 20.1 Å². The third kappa shape index (κ3) is 4.67. The Hall–Kier alpha value is -1.02. The summed E-state index contributed by atoms with van der Waals surface area (Å²) in [6.45, 7) is 0. The van der Waals surface area contributed by atoms with Crippen molar-refractivity contribution in [2.75, 3.05) is 0 Å². The quantitative estimate of drug-likeness (QED) is 0.465. The fourth-order valence-corrected chi connectivity index (χ4v) is 0.980. The zero-order valence-electron chi connectivity index (χ0n) is 7.89. The van der Waals surface area contributed by atoms with Crippen LogP contribution in [0.15, 0.2) is 24.3 Å². The molecule has 0 saturated carbocycles. The van der Waals surface area contributed by atoms with Crippen LogP contribution in [0.4, 0.5) is 13.2 Å². The van der Waals surface area contributed by atoms with Crippen molar-refractivity contribution >= 4 is 20.3 Å². The molecule has 1 aromatic rings. The monoisotopic (exact) mass is 235 g/mol. The van der Waals surface area contributed by atoms with Gasteiger partial charge in [-0.05, 0) is 5.46 Å². The van der Waals surface area contributed by atoms with Gasteiger partial charge in [0, 0.05) is 0 Å². The molecule has 87 valence electrons. The summed E-state index contributed by atoms with van der Waals surface area (Å²) >= 11 is 0. The highest BCUT2D eigenvalue weighted by molar-refractivity contribution is 6.59. The topological polar surface area (TPSA) is 80.9 Å². The highest BCUT2D eigenvalue weighted by Gasteiger charge is 2.35. The minimum atomic E-state index is -4.56. The molecule has 4 N–H and O–H groups in total. The predicted octanol–water partition coefficient (Wildman–Crippen LogP) is -1.11. The van der Waals surface area contributed by atoms with Crippen molar-refractivity contribution in [1.82, 2.24) is 0 Å². The fourth-order valence-electron chi connectivity index (χ4n) is 0.980. The number of hydrogen-bond donors (Lipinski definition) is 4. The Labute approximate surface area is 90.4 Å². The summed E-state index contributed by atoms with van der Waals surface area (Å²) < 4.78 is 36.6. The van der Waals surface area contributed by atoms with Crippen LogP contribution in [0.25, 0.3) is 0 Å². The maximum Gasteiger partial charge on any atom is 0.489 e. The van der Waals surface area contributed by atoms with Crippen LogP contribution in [-0.4, -0.2) is 34.9 Å². The number of rotatable bonds is 1. The van der Waals surface area contributed by atoms with Crippen molar-refractivity contribution in [2.24, 2.45) is 0 Å². The van der Waals surface area contributed by atoms with Crippen molar-refractivity contribution in [3.8, 4) is 0 Å². The Bertz CT molecular complexity index is 319. The van der Waals surface area contributed by atoms with Crippen LogP contribution >= 0.6 is 0 Å². The lowest BCUT2D eigenvalue weighted by molar-refractivity contribution is -0.136. The summed E-state index contributed by atoms with van der Waals surface area (Å²) in [7, 11) is -2.10. The van der Waals surface area contributed by atoms with E-state index in [9.17, 15) is 13.2 Å². The molecule has 1 aromatic carbocycles. The average molecular weight is 235 g/mol.